The van der Waals surface area contributed by atoms with E-state index < -0.39 is 26.9 Å². The first kappa shape index (κ1) is 15.3. The Morgan fingerprint density at radius 1 is 1.47 bits per heavy atom. The molecule has 0 radical (unpaired) electrons. The molecule has 0 heterocycles. The number of rotatable bonds is 6. The van der Waals surface area contributed by atoms with Crippen molar-refractivity contribution in [2.75, 3.05) is 7.11 Å². The minimum atomic E-state index is -1.37. The largest absolute Gasteiger partial charge is 0.469 e. The first-order valence-electron chi connectivity index (χ1n) is 5.62. The highest BCUT2D eigenvalue weighted by atomic mass is 32.2. The Balaban J connectivity index is 2.77. The minimum absolute atomic E-state index is 0.0315. The fourth-order valence-corrected chi connectivity index (χ4v) is 2.67. The van der Waals surface area contributed by atoms with Gasteiger partial charge in [-0.1, -0.05) is 25.1 Å². The number of benzene rings is 1. The molecule has 0 bridgehead atoms. The van der Waals surface area contributed by atoms with Gasteiger partial charge in [-0.3, -0.25) is 19.1 Å². The number of hydrogen-bond donors (Lipinski definition) is 0. The van der Waals surface area contributed by atoms with E-state index in [0.717, 1.165) is 0 Å². The van der Waals surface area contributed by atoms with Crippen molar-refractivity contribution >= 4 is 22.5 Å². The van der Waals surface area contributed by atoms with Gasteiger partial charge in [-0.2, -0.15) is 0 Å². The Morgan fingerprint density at radius 3 is 2.68 bits per heavy atom. The lowest BCUT2D eigenvalue weighted by molar-refractivity contribution is -0.385. The zero-order valence-electron chi connectivity index (χ0n) is 10.7. The van der Waals surface area contributed by atoms with Crippen LogP contribution in [0.15, 0.2) is 24.3 Å². The van der Waals surface area contributed by atoms with Crippen molar-refractivity contribution in [2.24, 2.45) is 0 Å². The fraction of sp³-hybridized carbons (Fsp3) is 0.417. The number of carbonyl (C=O) groups excluding carboxylic acids is 1. The number of nitrogens with zero attached hydrogens (tertiary/aromatic N) is 1. The van der Waals surface area contributed by atoms with Crippen molar-refractivity contribution < 1.29 is 18.7 Å². The van der Waals surface area contributed by atoms with E-state index in [-0.39, 0.29) is 17.9 Å². The zero-order chi connectivity index (χ0) is 14.4. The highest BCUT2D eigenvalue weighted by molar-refractivity contribution is 7.84. The summed E-state index contributed by atoms with van der Waals surface area (Å²) in [5.41, 5.74) is 0.351. The third-order valence-electron chi connectivity index (χ3n) is 2.62. The van der Waals surface area contributed by atoms with Crippen molar-refractivity contribution in [1.29, 1.82) is 0 Å². The SMILES string of the molecule is COC(=O)CC(C)S(=O)Cc1ccccc1[N+](=O)[O-]. The lowest BCUT2D eigenvalue weighted by Crippen LogP contribution is -2.18. The molecule has 0 aromatic heterocycles. The summed E-state index contributed by atoms with van der Waals surface area (Å²) in [6.07, 6.45) is 0.0315. The van der Waals surface area contributed by atoms with E-state index in [2.05, 4.69) is 4.74 Å². The maximum absolute atomic E-state index is 12.0. The Kier molecular flexibility index (Phi) is 5.62. The van der Waals surface area contributed by atoms with Crippen molar-refractivity contribution in [3.05, 3.63) is 39.9 Å². The van der Waals surface area contributed by atoms with Gasteiger partial charge < -0.3 is 4.74 Å². The van der Waals surface area contributed by atoms with Gasteiger partial charge in [0.1, 0.15) is 0 Å². The molecule has 0 fully saturated rings. The summed E-state index contributed by atoms with van der Waals surface area (Å²) in [4.78, 5) is 21.4. The maximum Gasteiger partial charge on any atom is 0.306 e. The number of hydrogen-bond acceptors (Lipinski definition) is 5. The van der Waals surface area contributed by atoms with Crippen molar-refractivity contribution in [1.82, 2.24) is 0 Å². The summed E-state index contributed by atoms with van der Waals surface area (Å²) in [5.74, 6) is -0.390. The van der Waals surface area contributed by atoms with Crippen LogP contribution in [0.5, 0.6) is 0 Å². The number of para-hydroxylation sites is 1. The van der Waals surface area contributed by atoms with Crippen LogP contribution in [0.3, 0.4) is 0 Å². The number of esters is 1. The normalized spacial score (nSPS) is 13.6. The topological polar surface area (TPSA) is 86.5 Å². The summed E-state index contributed by atoms with van der Waals surface area (Å²) in [7, 11) is -0.106. The first-order valence-corrected chi connectivity index (χ1v) is 7.00. The van der Waals surface area contributed by atoms with E-state index in [0.29, 0.717) is 5.56 Å². The van der Waals surface area contributed by atoms with Gasteiger partial charge in [0.05, 0.1) is 24.2 Å². The second kappa shape index (κ2) is 6.98. The summed E-state index contributed by atoms with van der Waals surface area (Å²) < 4.78 is 16.5. The second-order valence-corrected chi connectivity index (χ2v) is 5.86. The van der Waals surface area contributed by atoms with Crippen molar-refractivity contribution in [2.45, 2.75) is 24.3 Å². The smallest absolute Gasteiger partial charge is 0.306 e. The van der Waals surface area contributed by atoms with Crippen LogP contribution in [0.1, 0.15) is 18.9 Å². The van der Waals surface area contributed by atoms with Crippen molar-refractivity contribution in [3.8, 4) is 0 Å². The van der Waals surface area contributed by atoms with Crippen LogP contribution >= 0.6 is 0 Å². The molecular weight excluding hydrogens is 270 g/mol. The number of nitro groups is 1. The lowest BCUT2D eigenvalue weighted by atomic mass is 10.2. The highest BCUT2D eigenvalue weighted by Gasteiger charge is 2.20. The molecule has 1 rings (SSSR count). The van der Waals surface area contributed by atoms with E-state index in [1.807, 2.05) is 0 Å². The van der Waals surface area contributed by atoms with E-state index in [1.165, 1.54) is 13.2 Å². The third-order valence-corrected chi connectivity index (χ3v) is 4.28. The predicted octanol–water partition coefficient (Wildman–Crippen LogP) is 1.80. The van der Waals surface area contributed by atoms with Gasteiger partial charge >= 0.3 is 5.97 Å². The minimum Gasteiger partial charge on any atom is -0.469 e. The zero-order valence-corrected chi connectivity index (χ0v) is 11.5. The molecule has 7 heteroatoms. The molecule has 6 nitrogen and oxygen atoms in total. The standard InChI is InChI=1S/C12H15NO5S/c1-9(7-12(14)18-2)19(17)8-10-5-3-4-6-11(10)13(15)16/h3-6,9H,7-8H2,1-2H3. The molecule has 19 heavy (non-hydrogen) atoms. The molecule has 1 aromatic rings. The van der Waals surface area contributed by atoms with Gasteiger partial charge in [0.2, 0.25) is 0 Å². The van der Waals surface area contributed by atoms with E-state index in [1.54, 1.807) is 25.1 Å². The number of methoxy groups -OCH3 is 1. The number of carbonyl (C=O) groups is 1. The molecule has 1 aromatic carbocycles. The molecule has 104 valence electrons. The van der Waals surface area contributed by atoms with Gasteiger partial charge in [0, 0.05) is 27.7 Å². The van der Waals surface area contributed by atoms with Crippen LogP contribution in [-0.4, -0.2) is 27.5 Å². The predicted molar refractivity (Wildman–Crippen MR) is 71.0 cm³/mol. The van der Waals surface area contributed by atoms with E-state index in [4.69, 9.17) is 0 Å². The average molecular weight is 285 g/mol. The molecule has 0 aliphatic heterocycles. The number of ether oxygens (including phenoxy) is 1. The van der Waals surface area contributed by atoms with E-state index >= 15 is 0 Å². The molecule has 0 saturated carbocycles. The molecule has 0 saturated heterocycles. The third kappa shape index (κ3) is 4.44. The van der Waals surface area contributed by atoms with Gasteiger partial charge in [0.25, 0.3) is 5.69 Å². The second-order valence-electron chi connectivity index (χ2n) is 4.00. The Labute approximate surface area is 113 Å². The molecule has 0 N–H and O–H groups in total. The molecule has 0 spiro atoms. The number of nitro benzene ring substituents is 1. The lowest BCUT2D eigenvalue weighted by Gasteiger charge is -2.10. The summed E-state index contributed by atoms with van der Waals surface area (Å²) in [6, 6.07) is 6.16. The molecule has 0 aliphatic carbocycles. The van der Waals surface area contributed by atoms with Crippen LogP contribution in [-0.2, 0) is 26.1 Å². The Hall–Kier alpha value is -1.76. The molecule has 2 atom stereocenters. The monoisotopic (exact) mass is 285 g/mol. The quantitative estimate of drug-likeness (QED) is 0.452. The van der Waals surface area contributed by atoms with Crippen LogP contribution in [0.2, 0.25) is 0 Å². The van der Waals surface area contributed by atoms with Crippen LogP contribution in [0, 0.1) is 10.1 Å². The first-order chi connectivity index (χ1) is 8.95. The van der Waals surface area contributed by atoms with Gasteiger partial charge in [-0.25, -0.2) is 0 Å². The fourth-order valence-electron chi connectivity index (χ4n) is 1.52. The molecular formula is C12H15NO5S. The van der Waals surface area contributed by atoms with Crippen LogP contribution < -0.4 is 0 Å². The average Bonchev–Trinajstić information content (AvgIpc) is 2.38. The maximum atomic E-state index is 12.0. The molecule has 2 unspecified atom stereocenters. The summed E-state index contributed by atoms with van der Waals surface area (Å²) in [6.45, 7) is 1.65. The highest BCUT2D eigenvalue weighted by Crippen LogP contribution is 2.20. The van der Waals surface area contributed by atoms with Crippen molar-refractivity contribution in [3.63, 3.8) is 0 Å². The van der Waals surface area contributed by atoms with Crippen LogP contribution in [0.4, 0.5) is 5.69 Å². The van der Waals surface area contributed by atoms with E-state index in [9.17, 15) is 19.1 Å². The van der Waals surface area contributed by atoms with Gasteiger partial charge in [0.15, 0.2) is 0 Å². The summed E-state index contributed by atoms with van der Waals surface area (Å²) >= 11 is 0. The van der Waals surface area contributed by atoms with Crippen LogP contribution in [0.25, 0.3) is 0 Å². The Bertz CT molecular complexity index is 503. The summed E-state index contributed by atoms with van der Waals surface area (Å²) in [5, 5.41) is 10.4. The molecule has 0 amide bonds. The Morgan fingerprint density at radius 2 is 2.11 bits per heavy atom. The molecule has 0 aliphatic rings. The van der Waals surface area contributed by atoms with Gasteiger partial charge in [-0.05, 0) is 0 Å². The van der Waals surface area contributed by atoms with Gasteiger partial charge in [-0.15, -0.1) is 0 Å².